The highest BCUT2D eigenvalue weighted by Crippen LogP contribution is 2.32. The Labute approximate surface area is 215 Å². The van der Waals surface area contributed by atoms with E-state index in [2.05, 4.69) is 17.4 Å². The number of aryl methyl sites for hydroxylation is 1. The molecule has 8 nitrogen and oxygen atoms in total. The van der Waals surface area contributed by atoms with Gasteiger partial charge in [-0.2, -0.15) is 0 Å². The summed E-state index contributed by atoms with van der Waals surface area (Å²) >= 11 is 0. The summed E-state index contributed by atoms with van der Waals surface area (Å²) in [7, 11) is 1.64. The second-order valence-corrected chi connectivity index (χ2v) is 9.38. The highest BCUT2D eigenvalue weighted by Gasteiger charge is 2.26. The average Bonchev–Trinajstić information content (AvgIpc) is 2.89. The molecule has 1 aliphatic rings. The van der Waals surface area contributed by atoms with Crippen LogP contribution >= 0.6 is 0 Å². The molecule has 37 heavy (non-hydrogen) atoms. The van der Waals surface area contributed by atoms with E-state index in [1.165, 1.54) is 13.0 Å². The number of nitrogens with one attached hydrogen (secondary N) is 1. The first-order valence-electron chi connectivity index (χ1n) is 12.6. The monoisotopic (exact) mass is 507 g/mol. The van der Waals surface area contributed by atoms with E-state index in [4.69, 9.17) is 18.6 Å². The number of ether oxygens (including phenoxy) is 3. The number of carbonyl (C=O) groups excluding carboxylic acids is 2. The standard InChI is InChI=1S/C29H33NO7/c1-18-24-9-8-23(36-19(2)31)16-27(24)37-29(33)25(18)10-11-28(32)30-17-26(21-12-14-35-15-13-21)20-4-6-22(34-3)7-5-20/h4-9,16,21,26H,10-15,17H2,1-3H3,(H,30,32)/t26-/m1/s1. The van der Waals surface area contributed by atoms with Gasteiger partial charge in [0.15, 0.2) is 0 Å². The second kappa shape index (κ2) is 12.1. The van der Waals surface area contributed by atoms with E-state index in [0.29, 0.717) is 29.4 Å². The molecule has 1 amide bonds. The number of methoxy groups -OCH3 is 1. The van der Waals surface area contributed by atoms with Gasteiger partial charge in [0, 0.05) is 56.0 Å². The van der Waals surface area contributed by atoms with Crippen molar-refractivity contribution < 1.29 is 28.2 Å². The van der Waals surface area contributed by atoms with Crippen molar-refractivity contribution in [2.75, 3.05) is 26.9 Å². The lowest BCUT2D eigenvalue weighted by Gasteiger charge is -2.31. The molecule has 0 radical (unpaired) electrons. The Morgan fingerprint density at radius 2 is 1.78 bits per heavy atom. The van der Waals surface area contributed by atoms with Crippen molar-refractivity contribution in [1.29, 1.82) is 0 Å². The third-order valence-corrected chi connectivity index (χ3v) is 7.02. The fraction of sp³-hybridized carbons (Fsp3) is 0.414. The Bertz CT molecular complexity index is 1310. The first kappa shape index (κ1) is 26.4. The molecule has 4 rings (SSSR count). The van der Waals surface area contributed by atoms with E-state index < -0.39 is 11.6 Å². The molecule has 1 fully saturated rings. The maximum atomic E-state index is 12.8. The van der Waals surface area contributed by atoms with Crippen LogP contribution in [0.2, 0.25) is 0 Å². The van der Waals surface area contributed by atoms with Gasteiger partial charge in [0.1, 0.15) is 17.1 Å². The highest BCUT2D eigenvalue weighted by molar-refractivity contribution is 5.83. The van der Waals surface area contributed by atoms with Crippen LogP contribution in [-0.4, -0.2) is 38.7 Å². The molecule has 8 heteroatoms. The summed E-state index contributed by atoms with van der Waals surface area (Å²) in [6.45, 7) is 5.11. The van der Waals surface area contributed by atoms with Crippen LogP contribution in [0.3, 0.4) is 0 Å². The van der Waals surface area contributed by atoms with Crippen molar-refractivity contribution in [3.05, 3.63) is 69.6 Å². The van der Waals surface area contributed by atoms with E-state index >= 15 is 0 Å². The van der Waals surface area contributed by atoms with Gasteiger partial charge in [-0.3, -0.25) is 9.59 Å². The molecule has 0 bridgehead atoms. The van der Waals surface area contributed by atoms with Crippen LogP contribution in [0.1, 0.15) is 48.8 Å². The first-order valence-corrected chi connectivity index (χ1v) is 12.6. The summed E-state index contributed by atoms with van der Waals surface area (Å²) in [5.41, 5.74) is 2.24. The maximum absolute atomic E-state index is 12.8. The predicted octanol–water partition coefficient (Wildman–Crippen LogP) is 4.29. The number of hydrogen-bond acceptors (Lipinski definition) is 7. The van der Waals surface area contributed by atoms with Crippen molar-refractivity contribution in [2.45, 2.75) is 45.4 Å². The fourth-order valence-corrected chi connectivity index (χ4v) is 4.97. The summed E-state index contributed by atoms with van der Waals surface area (Å²) < 4.78 is 21.4. The topological polar surface area (TPSA) is 104 Å². The second-order valence-electron chi connectivity index (χ2n) is 9.38. The van der Waals surface area contributed by atoms with Crippen molar-refractivity contribution >= 4 is 22.8 Å². The summed E-state index contributed by atoms with van der Waals surface area (Å²) in [6, 6.07) is 12.9. The molecule has 1 saturated heterocycles. The molecule has 196 valence electrons. The smallest absolute Gasteiger partial charge is 0.339 e. The lowest BCUT2D eigenvalue weighted by Crippen LogP contribution is -2.34. The van der Waals surface area contributed by atoms with E-state index in [9.17, 15) is 14.4 Å². The molecule has 1 aliphatic heterocycles. The Morgan fingerprint density at radius 1 is 1.08 bits per heavy atom. The number of fused-ring (bicyclic) bond motifs is 1. The highest BCUT2D eigenvalue weighted by atomic mass is 16.5. The number of rotatable bonds is 9. The lowest BCUT2D eigenvalue weighted by molar-refractivity contribution is -0.131. The quantitative estimate of drug-likeness (QED) is 0.262. The van der Waals surface area contributed by atoms with E-state index in [1.807, 2.05) is 19.1 Å². The fourth-order valence-electron chi connectivity index (χ4n) is 4.97. The van der Waals surface area contributed by atoms with Gasteiger partial charge < -0.3 is 23.9 Å². The molecular weight excluding hydrogens is 474 g/mol. The number of amides is 1. The van der Waals surface area contributed by atoms with Gasteiger partial charge >= 0.3 is 11.6 Å². The van der Waals surface area contributed by atoms with Crippen LogP contribution in [0.25, 0.3) is 11.0 Å². The van der Waals surface area contributed by atoms with Crippen molar-refractivity contribution in [3.63, 3.8) is 0 Å². The molecule has 1 aromatic heterocycles. The molecule has 3 aromatic rings. The largest absolute Gasteiger partial charge is 0.497 e. The Balaban J connectivity index is 1.43. The molecule has 2 aromatic carbocycles. The Hall–Kier alpha value is -3.65. The van der Waals surface area contributed by atoms with Gasteiger partial charge in [0.25, 0.3) is 0 Å². The van der Waals surface area contributed by atoms with Crippen LogP contribution in [0.15, 0.2) is 51.7 Å². The van der Waals surface area contributed by atoms with Gasteiger partial charge in [0.2, 0.25) is 5.91 Å². The molecule has 1 atom stereocenters. The number of hydrogen-bond donors (Lipinski definition) is 1. The minimum Gasteiger partial charge on any atom is -0.497 e. The number of carbonyl (C=O) groups is 2. The van der Waals surface area contributed by atoms with Crippen LogP contribution in [0.5, 0.6) is 11.5 Å². The van der Waals surface area contributed by atoms with Crippen molar-refractivity contribution in [1.82, 2.24) is 5.32 Å². The zero-order valence-corrected chi connectivity index (χ0v) is 21.5. The minimum atomic E-state index is -0.490. The molecule has 0 aliphatic carbocycles. The predicted molar refractivity (Wildman–Crippen MR) is 139 cm³/mol. The SMILES string of the molecule is COc1ccc([C@@H](CNC(=O)CCc2c(C)c3ccc(OC(C)=O)cc3oc2=O)C2CCOCC2)cc1. The van der Waals surface area contributed by atoms with E-state index in [0.717, 1.165) is 48.3 Å². The van der Waals surface area contributed by atoms with Gasteiger partial charge in [-0.15, -0.1) is 0 Å². The van der Waals surface area contributed by atoms with Gasteiger partial charge in [-0.05, 0) is 67.5 Å². The van der Waals surface area contributed by atoms with Gasteiger partial charge in [-0.25, -0.2) is 4.79 Å². The molecule has 2 heterocycles. The van der Waals surface area contributed by atoms with Crippen LogP contribution in [-0.2, 0) is 20.7 Å². The Kier molecular flexibility index (Phi) is 8.61. The summed E-state index contributed by atoms with van der Waals surface area (Å²) in [6.07, 6.45) is 2.34. The third kappa shape index (κ3) is 6.57. The van der Waals surface area contributed by atoms with E-state index in [-0.39, 0.29) is 24.7 Å². The summed E-state index contributed by atoms with van der Waals surface area (Å²) in [4.78, 5) is 36.7. The van der Waals surface area contributed by atoms with Crippen LogP contribution in [0, 0.1) is 12.8 Å². The Morgan fingerprint density at radius 3 is 2.46 bits per heavy atom. The molecule has 1 N–H and O–H groups in total. The zero-order valence-electron chi connectivity index (χ0n) is 21.5. The average molecular weight is 508 g/mol. The van der Waals surface area contributed by atoms with Gasteiger partial charge in [-0.1, -0.05) is 12.1 Å². The first-order chi connectivity index (χ1) is 17.9. The van der Waals surface area contributed by atoms with Gasteiger partial charge in [0.05, 0.1) is 7.11 Å². The van der Waals surface area contributed by atoms with Crippen LogP contribution in [0.4, 0.5) is 0 Å². The van der Waals surface area contributed by atoms with Crippen molar-refractivity contribution in [3.8, 4) is 11.5 Å². The molecule has 0 unspecified atom stereocenters. The molecule has 0 saturated carbocycles. The molecular formula is C29H33NO7. The van der Waals surface area contributed by atoms with Crippen LogP contribution < -0.4 is 20.4 Å². The zero-order chi connectivity index (χ0) is 26.4. The third-order valence-electron chi connectivity index (χ3n) is 7.02. The summed E-state index contributed by atoms with van der Waals surface area (Å²) in [5.74, 6) is 1.12. The molecule has 0 spiro atoms. The lowest BCUT2D eigenvalue weighted by atomic mass is 9.81. The van der Waals surface area contributed by atoms with Crippen molar-refractivity contribution in [2.24, 2.45) is 5.92 Å². The van der Waals surface area contributed by atoms with E-state index in [1.54, 1.807) is 19.2 Å². The summed E-state index contributed by atoms with van der Waals surface area (Å²) in [5, 5.41) is 3.83. The number of benzene rings is 2. The minimum absolute atomic E-state index is 0.116. The normalized spacial score (nSPS) is 14.8. The number of esters is 1. The maximum Gasteiger partial charge on any atom is 0.339 e.